The molecule has 0 aromatic rings. The Bertz CT molecular complexity index is 372. The molecule has 0 aromatic heterocycles. The van der Waals surface area contributed by atoms with E-state index in [-0.39, 0.29) is 17.9 Å². The molecule has 1 aliphatic carbocycles. The van der Waals surface area contributed by atoms with Gasteiger partial charge in [0.15, 0.2) is 0 Å². The molecule has 0 saturated carbocycles. The highest BCUT2D eigenvalue weighted by molar-refractivity contribution is 6.00. The molecule has 92 valence electrons. The van der Waals surface area contributed by atoms with Gasteiger partial charge in [0.2, 0.25) is 11.8 Å². The predicted octanol–water partition coefficient (Wildman–Crippen LogP) is 1.05. The SMILES string of the molecule is O=C1CCC(NCCC2=CCCC=C2)C(=O)N1. The minimum atomic E-state index is -0.208. The molecule has 2 N–H and O–H groups in total. The Morgan fingerprint density at radius 1 is 1.35 bits per heavy atom. The second-order valence-electron chi connectivity index (χ2n) is 4.47. The highest BCUT2D eigenvalue weighted by atomic mass is 16.2. The van der Waals surface area contributed by atoms with Crippen LogP contribution in [-0.2, 0) is 9.59 Å². The van der Waals surface area contributed by atoms with Gasteiger partial charge in [-0.15, -0.1) is 0 Å². The van der Waals surface area contributed by atoms with Gasteiger partial charge >= 0.3 is 0 Å². The number of imide groups is 1. The van der Waals surface area contributed by atoms with Crippen molar-refractivity contribution in [2.45, 2.75) is 38.1 Å². The van der Waals surface area contributed by atoms with E-state index < -0.39 is 0 Å². The van der Waals surface area contributed by atoms with Crippen molar-refractivity contribution in [3.8, 4) is 0 Å². The molecule has 1 saturated heterocycles. The van der Waals surface area contributed by atoms with Gasteiger partial charge in [0, 0.05) is 6.42 Å². The molecular weight excluding hydrogens is 216 g/mol. The molecule has 1 fully saturated rings. The van der Waals surface area contributed by atoms with Crippen LogP contribution in [0.3, 0.4) is 0 Å². The van der Waals surface area contributed by atoms with Crippen molar-refractivity contribution in [1.29, 1.82) is 0 Å². The van der Waals surface area contributed by atoms with Crippen molar-refractivity contribution >= 4 is 11.8 Å². The van der Waals surface area contributed by atoms with Crippen LogP contribution in [0.25, 0.3) is 0 Å². The number of piperidine rings is 1. The van der Waals surface area contributed by atoms with E-state index in [2.05, 4.69) is 28.9 Å². The first-order valence-electron chi connectivity index (χ1n) is 6.18. The average molecular weight is 234 g/mol. The highest BCUT2D eigenvalue weighted by Gasteiger charge is 2.25. The highest BCUT2D eigenvalue weighted by Crippen LogP contribution is 2.12. The minimum Gasteiger partial charge on any atom is -0.306 e. The number of allylic oxidation sites excluding steroid dienone is 3. The zero-order valence-electron chi connectivity index (χ0n) is 9.87. The molecule has 2 rings (SSSR count). The first kappa shape index (κ1) is 12.0. The third-order valence-corrected chi connectivity index (χ3v) is 3.12. The van der Waals surface area contributed by atoms with Crippen molar-refractivity contribution in [2.75, 3.05) is 6.54 Å². The number of nitrogens with one attached hydrogen (secondary N) is 2. The number of rotatable bonds is 4. The van der Waals surface area contributed by atoms with Crippen LogP contribution in [0.5, 0.6) is 0 Å². The summed E-state index contributed by atoms with van der Waals surface area (Å²) in [6, 6.07) is -0.208. The van der Waals surface area contributed by atoms with Gasteiger partial charge in [0.25, 0.3) is 0 Å². The number of carbonyl (C=O) groups excluding carboxylic acids is 2. The number of hydrogen-bond acceptors (Lipinski definition) is 3. The number of hydrogen-bond donors (Lipinski definition) is 2. The maximum atomic E-state index is 11.5. The van der Waals surface area contributed by atoms with E-state index in [0.29, 0.717) is 12.8 Å². The van der Waals surface area contributed by atoms with Crippen LogP contribution < -0.4 is 10.6 Å². The van der Waals surface area contributed by atoms with Crippen LogP contribution in [0.2, 0.25) is 0 Å². The lowest BCUT2D eigenvalue weighted by Crippen LogP contribution is -2.50. The quantitative estimate of drug-likeness (QED) is 0.715. The zero-order chi connectivity index (χ0) is 12.1. The summed E-state index contributed by atoms with van der Waals surface area (Å²) in [5.41, 5.74) is 1.33. The summed E-state index contributed by atoms with van der Waals surface area (Å²) >= 11 is 0. The van der Waals surface area contributed by atoms with Crippen molar-refractivity contribution in [1.82, 2.24) is 10.6 Å². The predicted molar refractivity (Wildman–Crippen MR) is 65.2 cm³/mol. The summed E-state index contributed by atoms with van der Waals surface area (Å²) in [6.07, 6.45) is 10.8. The van der Waals surface area contributed by atoms with E-state index in [0.717, 1.165) is 25.8 Å². The van der Waals surface area contributed by atoms with Crippen molar-refractivity contribution < 1.29 is 9.59 Å². The van der Waals surface area contributed by atoms with Gasteiger partial charge in [-0.25, -0.2) is 0 Å². The lowest BCUT2D eigenvalue weighted by atomic mass is 10.0. The van der Waals surface area contributed by atoms with Crippen LogP contribution in [0.4, 0.5) is 0 Å². The molecule has 1 heterocycles. The fraction of sp³-hybridized carbons (Fsp3) is 0.538. The monoisotopic (exact) mass is 234 g/mol. The summed E-state index contributed by atoms with van der Waals surface area (Å²) in [4.78, 5) is 22.4. The molecule has 0 radical (unpaired) electrons. The molecular formula is C13H18N2O2. The fourth-order valence-electron chi connectivity index (χ4n) is 2.13. The Morgan fingerprint density at radius 2 is 2.24 bits per heavy atom. The van der Waals surface area contributed by atoms with Gasteiger partial charge in [-0.1, -0.05) is 23.8 Å². The standard InChI is InChI=1S/C13H18N2O2/c16-12-7-6-11(13(17)15-12)14-9-8-10-4-2-1-3-5-10/h2,4-5,11,14H,1,3,6-9H2,(H,15,16,17). The van der Waals surface area contributed by atoms with Crippen LogP contribution in [-0.4, -0.2) is 24.4 Å². The second kappa shape index (κ2) is 5.77. The smallest absolute Gasteiger partial charge is 0.243 e. The largest absolute Gasteiger partial charge is 0.306 e. The molecule has 2 amide bonds. The van der Waals surface area contributed by atoms with Crippen LogP contribution in [0.1, 0.15) is 32.1 Å². The fourth-order valence-corrected chi connectivity index (χ4v) is 2.13. The maximum Gasteiger partial charge on any atom is 0.243 e. The van der Waals surface area contributed by atoms with E-state index in [4.69, 9.17) is 0 Å². The van der Waals surface area contributed by atoms with E-state index >= 15 is 0 Å². The zero-order valence-corrected chi connectivity index (χ0v) is 9.87. The lowest BCUT2D eigenvalue weighted by Gasteiger charge is -2.22. The van der Waals surface area contributed by atoms with Gasteiger partial charge in [-0.3, -0.25) is 14.9 Å². The Kier molecular flexibility index (Phi) is 4.09. The van der Waals surface area contributed by atoms with Crippen LogP contribution in [0.15, 0.2) is 23.8 Å². The van der Waals surface area contributed by atoms with Gasteiger partial charge in [0.1, 0.15) is 0 Å². The second-order valence-corrected chi connectivity index (χ2v) is 4.47. The molecule has 0 spiro atoms. The van der Waals surface area contributed by atoms with E-state index in [9.17, 15) is 9.59 Å². The third-order valence-electron chi connectivity index (χ3n) is 3.12. The molecule has 4 heteroatoms. The van der Waals surface area contributed by atoms with Crippen LogP contribution in [0, 0.1) is 0 Å². The van der Waals surface area contributed by atoms with Crippen molar-refractivity contribution in [3.63, 3.8) is 0 Å². The van der Waals surface area contributed by atoms with Crippen LogP contribution >= 0.6 is 0 Å². The molecule has 2 aliphatic rings. The Morgan fingerprint density at radius 3 is 2.94 bits per heavy atom. The van der Waals surface area contributed by atoms with Gasteiger partial charge < -0.3 is 5.32 Å². The Hall–Kier alpha value is -1.42. The van der Waals surface area contributed by atoms with E-state index in [1.807, 2.05) is 0 Å². The summed E-state index contributed by atoms with van der Waals surface area (Å²) < 4.78 is 0. The molecule has 4 nitrogen and oxygen atoms in total. The maximum absolute atomic E-state index is 11.5. The summed E-state index contributed by atoms with van der Waals surface area (Å²) in [7, 11) is 0. The van der Waals surface area contributed by atoms with Gasteiger partial charge in [0.05, 0.1) is 6.04 Å². The van der Waals surface area contributed by atoms with Crippen molar-refractivity contribution in [3.05, 3.63) is 23.8 Å². The lowest BCUT2D eigenvalue weighted by molar-refractivity contribution is -0.134. The van der Waals surface area contributed by atoms with E-state index in [1.165, 1.54) is 5.57 Å². The van der Waals surface area contributed by atoms with Crippen molar-refractivity contribution in [2.24, 2.45) is 0 Å². The molecule has 0 aromatic carbocycles. The van der Waals surface area contributed by atoms with Gasteiger partial charge in [-0.05, 0) is 32.2 Å². The summed E-state index contributed by atoms with van der Waals surface area (Å²) in [6.45, 7) is 0.780. The summed E-state index contributed by atoms with van der Waals surface area (Å²) in [5, 5.41) is 5.55. The van der Waals surface area contributed by atoms with Gasteiger partial charge in [-0.2, -0.15) is 0 Å². The molecule has 0 bridgehead atoms. The Balaban J connectivity index is 1.71. The molecule has 17 heavy (non-hydrogen) atoms. The number of carbonyl (C=O) groups is 2. The first-order chi connectivity index (χ1) is 8.25. The first-order valence-corrected chi connectivity index (χ1v) is 6.18. The topological polar surface area (TPSA) is 58.2 Å². The Labute approximate surface area is 101 Å². The molecule has 1 unspecified atom stereocenters. The van der Waals surface area contributed by atoms with E-state index in [1.54, 1.807) is 0 Å². The molecule has 1 aliphatic heterocycles. The average Bonchev–Trinajstić information content (AvgIpc) is 2.33. The minimum absolute atomic E-state index is 0.161. The number of amides is 2. The third kappa shape index (κ3) is 3.53. The normalized spacial score (nSPS) is 24.5. The molecule has 1 atom stereocenters. The summed E-state index contributed by atoms with van der Waals surface area (Å²) in [5.74, 6) is -0.347.